The van der Waals surface area contributed by atoms with Crippen molar-refractivity contribution in [1.82, 2.24) is 14.7 Å². The van der Waals surface area contributed by atoms with E-state index in [4.69, 9.17) is 9.47 Å². The molecule has 0 spiro atoms. The van der Waals surface area contributed by atoms with Gasteiger partial charge in [0.1, 0.15) is 6.61 Å². The molecule has 28 heavy (non-hydrogen) atoms. The van der Waals surface area contributed by atoms with Gasteiger partial charge in [0.15, 0.2) is 0 Å². The number of ether oxygens (including phenoxy) is 2. The Morgan fingerprint density at radius 3 is 2.39 bits per heavy atom. The van der Waals surface area contributed by atoms with E-state index in [-0.39, 0.29) is 24.7 Å². The molecule has 4 aliphatic rings. The van der Waals surface area contributed by atoms with Crippen molar-refractivity contribution in [3.8, 4) is 0 Å². The highest BCUT2D eigenvalue weighted by atomic mass is 16.6. The quantitative estimate of drug-likeness (QED) is 0.736. The van der Waals surface area contributed by atoms with Gasteiger partial charge in [-0.1, -0.05) is 12.8 Å². The maximum Gasteiger partial charge on any atom is 0.409 e. The Hall–Kier alpha value is -1.34. The zero-order valence-electron chi connectivity index (χ0n) is 17.2. The van der Waals surface area contributed by atoms with Gasteiger partial charge in [-0.2, -0.15) is 0 Å². The van der Waals surface area contributed by atoms with Gasteiger partial charge >= 0.3 is 6.09 Å². The fourth-order valence-electron chi connectivity index (χ4n) is 5.66. The number of nitrogens with zero attached hydrogens (tertiary/aromatic N) is 3. The molecule has 2 amide bonds. The second-order valence-corrected chi connectivity index (χ2v) is 8.69. The number of piperidine rings is 2. The number of likely N-dealkylation sites (tertiary alicyclic amines) is 2. The summed E-state index contributed by atoms with van der Waals surface area (Å²) in [4.78, 5) is 31.1. The second kappa shape index (κ2) is 8.99. The Morgan fingerprint density at radius 2 is 1.68 bits per heavy atom. The van der Waals surface area contributed by atoms with Crippen molar-refractivity contribution in [1.29, 1.82) is 0 Å². The van der Waals surface area contributed by atoms with Crippen LogP contribution in [-0.4, -0.2) is 90.3 Å². The summed E-state index contributed by atoms with van der Waals surface area (Å²) in [6, 6.07) is 1.23. The minimum atomic E-state index is -0.174. The number of morpholine rings is 1. The molecule has 3 heterocycles. The summed E-state index contributed by atoms with van der Waals surface area (Å²) in [6.45, 7) is 6.24. The van der Waals surface area contributed by atoms with Crippen molar-refractivity contribution < 1.29 is 19.1 Å². The summed E-state index contributed by atoms with van der Waals surface area (Å²) in [5.74, 6) is 0.198. The summed E-state index contributed by atoms with van der Waals surface area (Å²) < 4.78 is 11.0. The van der Waals surface area contributed by atoms with Crippen molar-refractivity contribution in [3.05, 3.63) is 0 Å². The number of amides is 2. The Kier molecular flexibility index (Phi) is 6.41. The highest BCUT2D eigenvalue weighted by Crippen LogP contribution is 2.33. The van der Waals surface area contributed by atoms with E-state index in [2.05, 4.69) is 9.80 Å². The highest BCUT2D eigenvalue weighted by Gasteiger charge is 2.42. The lowest BCUT2D eigenvalue weighted by Crippen LogP contribution is -2.61. The van der Waals surface area contributed by atoms with Crippen molar-refractivity contribution in [3.63, 3.8) is 0 Å². The van der Waals surface area contributed by atoms with Gasteiger partial charge in [0.2, 0.25) is 5.91 Å². The molecule has 0 N–H and O–H groups in total. The van der Waals surface area contributed by atoms with Gasteiger partial charge in [0, 0.05) is 38.3 Å². The molecule has 4 rings (SSSR count). The van der Waals surface area contributed by atoms with E-state index in [0.29, 0.717) is 24.7 Å². The predicted octanol–water partition coefficient (Wildman–Crippen LogP) is 2.24. The van der Waals surface area contributed by atoms with Gasteiger partial charge in [-0.05, 0) is 45.4 Å². The number of hydrogen-bond donors (Lipinski definition) is 0. The molecule has 0 aromatic heterocycles. The molecule has 0 aromatic carbocycles. The van der Waals surface area contributed by atoms with Crippen molar-refractivity contribution in [2.24, 2.45) is 0 Å². The minimum Gasteiger partial charge on any atom is -0.450 e. The van der Waals surface area contributed by atoms with Crippen molar-refractivity contribution >= 4 is 12.0 Å². The standard InChI is InChI=1S/C21H35N3O4/c1-2-27-21(26)23-13-7-16(8-14-23)22-11-9-17(10-12-22)24-18-5-3-4-6-19(18)28-15-20(24)25/h16-19H,2-15H2,1H3. The largest absolute Gasteiger partial charge is 0.450 e. The third-order valence-electron chi connectivity index (χ3n) is 7.13. The van der Waals surface area contributed by atoms with Gasteiger partial charge < -0.3 is 24.2 Å². The molecule has 4 fully saturated rings. The SMILES string of the molecule is CCOC(=O)N1CCC(N2CCC(N3C(=O)COC4CCCCC43)CC2)CC1. The van der Waals surface area contributed by atoms with Crippen LogP contribution in [0.2, 0.25) is 0 Å². The fourth-order valence-corrected chi connectivity index (χ4v) is 5.66. The number of carbonyl (C=O) groups excluding carboxylic acids is 2. The molecular formula is C21H35N3O4. The smallest absolute Gasteiger partial charge is 0.409 e. The Balaban J connectivity index is 1.28. The minimum absolute atomic E-state index is 0.174. The average molecular weight is 394 g/mol. The van der Waals surface area contributed by atoms with Crippen LogP contribution in [0.5, 0.6) is 0 Å². The monoisotopic (exact) mass is 393 g/mol. The van der Waals surface area contributed by atoms with Crippen LogP contribution in [0, 0.1) is 0 Å². The summed E-state index contributed by atoms with van der Waals surface area (Å²) in [7, 11) is 0. The van der Waals surface area contributed by atoms with Crippen LogP contribution in [0.1, 0.15) is 58.3 Å². The van der Waals surface area contributed by atoms with Crippen LogP contribution in [0.3, 0.4) is 0 Å². The first-order valence-electron chi connectivity index (χ1n) is 11.3. The van der Waals surface area contributed by atoms with Gasteiger partial charge in [0.25, 0.3) is 0 Å². The highest BCUT2D eigenvalue weighted by molar-refractivity contribution is 5.79. The van der Waals surface area contributed by atoms with Gasteiger partial charge in [0.05, 0.1) is 18.8 Å². The lowest BCUT2D eigenvalue weighted by Gasteiger charge is -2.50. The fraction of sp³-hybridized carbons (Fsp3) is 0.905. The van der Waals surface area contributed by atoms with E-state index in [9.17, 15) is 9.59 Å². The Bertz CT molecular complexity index is 556. The molecule has 0 radical (unpaired) electrons. The third kappa shape index (κ3) is 4.15. The molecular weight excluding hydrogens is 358 g/mol. The molecule has 1 saturated carbocycles. The summed E-state index contributed by atoms with van der Waals surface area (Å²) in [5, 5.41) is 0. The first-order valence-corrected chi connectivity index (χ1v) is 11.3. The van der Waals surface area contributed by atoms with Gasteiger partial charge in [-0.3, -0.25) is 4.79 Å². The lowest BCUT2D eigenvalue weighted by atomic mass is 9.87. The molecule has 1 aliphatic carbocycles. The van der Waals surface area contributed by atoms with Crippen LogP contribution < -0.4 is 0 Å². The van der Waals surface area contributed by atoms with Crippen LogP contribution in [0.25, 0.3) is 0 Å². The van der Waals surface area contributed by atoms with E-state index in [0.717, 1.165) is 64.7 Å². The topological polar surface area (TPSA) is 62.3 Å². The van der Waals surface area contributed by atoms with Crippen LogP contribution in [0.4, 0.5) is 4.79 Å². The van der Waals surface area contributed by atoms with Crippen molar-refractivity contribution in [2.45, 2.75) is 82.5 Å². The molecule has 7 heteroatoms. The Morgan fingerprint density at radius 1 is 1.00 bits per heavy atom. The maximum atomic E-state index is 12.6. The number of fused-ring (bicyclic) bond motifs is 1. The second-order valence-electron chi connectivity index (χ2n) is 8.69. The zero-order chi connectivity index (χ0) is 19.5. The molecule has 3 aliphatic heterocycles. The lowest BCUT2D eigenvalue weighted by molar-refractivity contribution is -0.167. The van der Waals surface area contributed by atoms with Crippen molar-refractivity contribution in [2.75, 3.05) is 39.4 Å². The van der Waals surface area contributed by atoms with Gasteiger partial charge in [-0.25, -0.2) is 4.79 Å². The summed E-state index contributed by atoms with van der Waals surface area (Å²) >= 11 is 0. The van der Waals surface area contributed by atoms with E-state index in [1.165, 1.54) is 12.8 Å². The molecule has 2 atom stereocenters. The number of hydrogen-bond acceptors (Lipinski definition) is 5. The number of carbonyl (C=O) groups is 2. The normalized spacial score (nSPS) is 31.0. The average Bonchev–Trinajstić information content (AvgIpc) is 2.74. The summed E-state index contributed by atoms with van der Waals surface area (Å²) in [6.07, 6.45) is 8.90. The van der Waals surface area contributed by atoms with Gasteiger partial charge in [-0.15, -0.1) is 0 Å². The first-order chi connectivity index (χ1) is 13.7. The van der Waals surface area contributed by atoms with Crippen LogP contribution >= 0.6 is 0 Å². The van der Waals surface area contributed by atoms with E-state index >= 15 is 0 Å². The first kappa shape index (κ1) is 20.0. The summed E-state index contributed by atoms with van der Waals surface area (Å²) in [5.41, 5.74) is 0. The molecule has 0 bridgehead atoms. The van der Waals surface area contributed by atoms with E-state index in [1.54, 1.807) is 0 Å². The molecule has 3 saturated heterocycles. The van der Waals surface area contributed by atoms with E-state index < -0.39 is 0 Å². The van der Waals surface area contributed by atoms with E-state index in [1.807, 2.05) is 11.8 Å². The molecule has 7 nitrogen and oxygen atoms in total. The Labute approximate surface area is 168 Å². The molecule has 158 valence electrons. The predicted molar refractivity (Wildman–Crippen MR) is 105 cm³/mol. The zero-order valence-corrected chi connectivity index (χ0v) is 17.2. The van der Waals surface area contributed by atoms with Crippen LogP contribution in [0.15, 0.2) is 0 Å². The third-order valence-corrected chi connectivity index (χ3v) is 7.13. The number of rotatable bonds is 3. The van der Waals surface area contributed by atoms with Crippen LogP contribution in [-0.2, 0) is 14.3 Å². The molecule has 0 aromatic rings. The maximum absolute atomic E-state index is 12.6. The molecule has 2 unspecified atom stereocenters.